The second kappa shape index (κ2) is 5.23. The number of hydrogen-bond donors (Lipinski definition) is 1. The first kappa shape index (κ1) is 15.7. The Balaban J connectivity index is 2.77. The largest absolute Gasteiger partial charge is 0.478 e. The molecule has 2 rings (SSSR count). The third-order valence-corrected chi connectivity index (χ3v) is 3.46. The predicted molar refractivity (Wildman–Crippen MR) is 70.3 cm³/mol. The number of aromatic carboxylic acids is 1. The molecule has 0 atom stereocenters. The zero-order valence-electron chi connectivity index (χ0n) is 10.4. The Kier molecular flexibility index (Phi) is 3.90. The first-order chi connectivity index (χ1) is 9.62. The molecule has 0 radical (unpaired) electrons. The van der Waals surface area contributed by atoms with Crippen LogP contribution in [0.1, 0.15) is 21.6 Å². The standard InChI is InChI=1S/C12H7Cl2F3N2O2/c1-5-2-7(13)8(14)3-9(5)19-10(12(15,16)17)6(4-18-19)11(20)21/h2-4H,1H3,(H,20,21). The SMILES string of the molecule is Cc1cc(Cl)c(Cl)cc1-n1ncc(C(=O)O)c1C(F)(F)F. The van der Waals surface area contributed by atoms with Gasteiger partial charge < -0.3 is 5.11 Å². The number of rotatable bonds is 2. The summed E-state index contributed by atoms with van der Waals surface area (Å²) in [6, 6.07) is 2.58. The van der Waals surface area contributed by atoms with Crippen molar-refractivity contribution in [1.29, 1.82) is 0 Å². The van der Waals surface area contributed by atoms with Crippen LogP contribution in [-0.4, -0.2) is 20.9 Å². The highest BCUT2D eigenvalue weighted by Crippen LogP contribution is 2.35. The quantitative estimate of drug-likeness (QED) is 0.892. The number of benzene rings is 1. The molecule has 21 heavy (non-hydrogen) atoms. The van der Waals surface area contributed by atoms with Crippen LogP contribution in [0, 0.1) is 6.92 Å². The minimum Gasteiger partial charge on any atom is -0.478 e. The molecule has 0 saturated carbocycles. The summed E-state index contributed by atoms with van der Waals surface area (Å²) in [6.07, 6.45) is -4.24. The number of carboxylic acids is 1. The minimum atomic E-state index is -4.89. The van der Waals surface area contributed by atoms with Gasteiger partial charge in [-0.3, -0.25) is 0 Å². The van der Waals surface area contributed by atoms with E-state index in [4.69, 9.17) is 28.3 Å². The Labute approximate surface area is 126 Å². The highest BCUT2D eigenvalue weighted by atomic mass is 35.5. The van der Waals surface area contributed by atoms with E-state index in [2.05, 4.69) is 5.10 Å². The lowest BCUT2D eigenvalue weighted by atomic mass is 10.2. The van der Waals surface area contributed by atoms with Crippen molar-refractivity contribution in [1.82, 2.24) is 9.78 Å². The van der Waals surface area contributed by atoms with Gasteiger partial charge in [0, 0.05) is 0 Å². The van der Waals surface area contributed by atoms with E-state index < -0.39 is 23.4 Å². The molecule has 0 unspecified atom stereocenters. The van der Waals surface area contributed by atoms with Crippen LogP contribution in [0.4, 0.5) is 13.2 Å². The van der Waals surface area contributed by atoms with E-state index in [9.17, 15) is 18.0 Å². The summed E-state index contributed by atoms with van der Waals surface area (Å²) in [5, 5.41) is 12.6. The number of aryl methyl sites for hydroxylation is 1. The molecule has 9 heteroatoms. The normalized spacial score (nSPS) is 11.7. The van der Waals surface area contributed by atoms with E-state index in [-0.39, 0.29) is 15.7 Å². The maximum absolute atomic E-state index is 13.1. The van der Waals surface area contributed by atoms with Gasteiger partial charge in [-0.2, -0.15) is 18.3 Å². The van der Waals surface area contributed by atoms with Gasteiger partial charge in [0.2, 0.25) is 0 Å². The van der Waals surface area contributed by atoms with Crippen LogP contribution in [0.25, 0.3) is 5.69 Å². The Morgan fingerprint density at radius 1 is 1.29 bits per heavy atom. The summed E-state index contributed by atoms with van der Waals surface area (Å²) >= 11 is 11.6. The van der Waals surface area contributed by atoms with Crippen molar-refractivity contribution in [2.45, 2.75) is 13.1 Å². The first-order valence-corrected chi connectivity index (χ1v) is 6.23. The summed E-state index contributed by atoms with van der Waals surface area (Å²) in [4.78, 5) is 10.9. The highest BCUT2D eigenvalue weighted by Gasteiger charge is 2.40. The maximum atomic E-state index is 13.1. The number of halogens is 5. The molecule has 112 valence electrons. The second-order valence-corrected chi connectivity index (χ2v) is 4.99. The molecule has 4 nitrogen and oxygen atoms in total. The van der Waals surface area contributed by atoms with E-state index >= 15 is 0 Å². The lowest BCUT2D eigenvalue weighted by molar-refractivity contribution is -0.143. The number of carboxylic acid groups (broad SMARTS) is 1. The molecule has 0 fully saturated rings. The molecule has 0 aliphatic rings. The molecule has 0 aliphatic heterocycles. The second-order valence-electron chi connectivity index (χ2n) is 4.17. The van der Waals surface area contributed by atoms with Crippen LogP contribution in [-0.2, 0) is 6.18 Å². The summed E-state index contributed by atoms with van der Waals surface area (Å²) < 4.78 is 39.9. The van der Waals surface area contributed by atoms with Crippen LogP contribution >= 0.6 is 23.2 Å². The lowest BCUT2D eigenvalue weighted by Crippen LogP contribution is -2.17. The van der Waals surface area contributed by atoms with Gasteiger partial charge in [-0.1, -0.05) is 23.2 Å². The first-order valence-electron chi connectivity index (χ1n) is 5.47. The molecule has 1 heterocycles. The Morgan fingerprint density at radius 3 is 2.38 bits per heavy atom. The van der Waals surface area contributed by atoms with Gasteiger partial charge >= 0.3 is 12.1 Å². The fraction of sp³-hybridized carbons (Fsp3) is 0.167. The summed E-state index contributed by atoms with van der Waals surface area (Å²) in [5.74, 6) is -1.72. The highest BCUT2D eigenvalue weighted by molar-refractivity contribution is 6.42. The van der Waals surface area contributed by atoms with Crippen molar-refractivity contribution in [3.8, 4) is 5.69 Å². The zero-order chi connectivity index (χ0) is 15.9. The molecule has 0 amide bonds. The monoisotopic (exact) mass is 338 g/mol. The van der Waals surface area contributed by atoms with Gasteiger partial charge in [-0.05, 0) is 24.6 Å². The average Bonchev–Trinajstić information content (AvgIpc) is 2.78. The minimum absolute atomic E-state index is 0.00391. The van der Waals surface area contributed by atoms with E-state index in [0.717, 1.165) is 0 Å². The predicted octanol–water partition coefficient (Wildman–Crippen LogP) is 4.20. The van der Waals surface area contributed by atoms with E-state index in [1.807, 2.05) is 0 Å². The molecule has 1 aromatic heterocycles. The third kappa shape index (κ3) is 2.84. The average molecular weight is 339 g/mol. The molecule has 1 N–H and O–H groups in total. The number of nitrogens with zero attached hydrogens (tertiary/aromatic N) is 2. The Bertz CT molecular complexity index is 726. The zero-order valence-corrected chi connectivity index (χ0v) is 11.9. The van der Waals surface area contributed by atoms with Gasteiger partial charge in [0.05, 0.1) is 21.9 Å². The number of carbonyl (C=O) groups is 1. The Hall–Kier alpha value is -1.73. The molecule has 2 aromatic rings. The maximum Gasteiger partial charge on any atom is 0.434 e. The van der Waals surface area contributed by atoms with Crippen molar-refractivity contribution in [3.05, 3.63) is 45.2 Å². The lowest BCUT2D eigenvalue weighted by Gasteiger charge is -2.14. The van der Waals surface area contributed by atoms with Crippen LogP contribution in [0.3, 0.4) is 0 Å². The molecular formula is C12H7Cl2F3N2O2. The number of aromatic nitrogens is 2. The summed E-state index contributed by atoms with van der Waals surface area (Å²) in [7, 11) is 0. The van der Waals surface area contributed by atoms with Crippen molar-refractivity contribution in [2.24, 2.45) is 0 Å². The number of hydrogen-bond acceptors (Lipinski definition) is 2. The van der Waals surface area contributed by atoms with E-state index in [1.165, 1.54) is 19.1 Å². The van der Waals surface area contributed by atoms with E-state index in [1.54, 1.807) is 0 Å². The fourth-order valence-corrected chi connectivity index (χ4v) is 2.20. The van der Waals surface area contributed by atoms with Gasteiger partial charge in [0.15, 0.2) is 5.69 Å². The molecular weight excluding hydrogens is 332 g/mol. The van der Waals surface area contributed by atoms with Gasteiger partial charge in [-0.15, -0.1) is 0 Å². The van der Waals surface area contributed by atoms with Crippen molar-refractivity contribution >= 4 is 29.2 Å². The Morgan fingerprint density at radius 2 is 1.86 bits per heavy atom. The van der Waals surface area contributed by atoms with Gasteiger partial charge in [-0.25, -0.2) is 9.48 Å². The molecule has 0 aliphatic carbocycles. The van der Waals surface area contributed by atoms with Crippen LogP contribution in [0.2, 0.25) is 10.0 Å². The van der Waals surface area contributed by atoms with Gasteiger partial charge in [0.1, 0.15) is 5.56 Å². The van der Waals surface area contributed by atoms with Gasteiger partial charge in [0.25, 0.3) is 0 Å². The topological polar surface area (TPSA) is 55.1 Å². The van der Waals surface area contributed by atoms with Crippen molar-refractivity contribution < 1.29 is 23.1 Å². The molecule has 0 saturated heterocycles. The summed E-state index contributed by atoms with van der Waals surface area (Å²) in [6.45, 7) is 1.51. The number of alkyl halides is 3. The third-order valence-electron chi connectivity index (χ3n) is 2.74. The molecule has 0 spiro atoms. The van der Waals surface area contributed by atoms with Crippen molar-refractivity contribution in [2.75, 3.05) is 0 Å². The fourth-order valence-electron chi connectivity index (χ4n) is 1.82. The molecule has 1 aromatic carbocycles. The van der Waals surface area contributed by atoms with Crippen LogP contribution in [0.5, 0.6) is 0 Å². The van der Waals surface area contributed by atoms with E-state index in [0.29, 0.717) is 16.4 Å². The molecule has 0 bridgehead atoms. The van der Waals surface area contributed by atoms with Crippen LogP contribution in [0.15, 0.2) is 18.3 Å². The summed E-state index contributed by atoms with van der Waals surface area (Å²) in [5.41, 5.74) is -1.94. The van der Waals surface area contributed by atoms with Crippen molar-refractivity contribution in [3.63, 3.8) is 0 Å². The smallest absolute Gasteiger partial charge is 0.434 e. The van der Waals surface area contributed by atoms with Crippen LogP contribution < -0.4 is 0 Å².